The third kappa shape index (κ3) is 2.68. The summed E-state index contributed by atoms with van der Waals surface area (Å²) in [4.78, 5) is 26.1. The van der Waals surface area contributed by atoms with Gasteiger partial charge in [0.15, 0.2) is 0 Å². The molecule has 2 atom stereocenters. The molecule has 0 aromatic heterocycles. The van der Waals surface area contributed by atoms with Crippen LogP contribution in [0, 0.1) is 10.8 Å². The molecule has 0 bridgehead atoms. The Bertz CT molecular complexity index is 391. The molecule has 0 aliphatic carbocycles. The molecule has 5 nitrogen and oxygen atoms in total. The summed E-state index contributed by atoms with van der Waals surface area (Å²) in [6.45, 7) is 6.56. The third-order valence-electron chi connectivity index (χ3n) is 5.10. The summed E-state index contributed by atoms with van der Waals surface area (Å²) in [5, 5.41) is 12.7. The lowest BCUT2D eigenvalue weighted by Crippen LogP contribution is -2.56. The lowest BCUT2D eigenvalue weighted by molar-refractivity contribution is -0.157. The predicted octanol–water partition coefficient (Wildman–Crippen LogP) is 1.48. The second-order valence-corrected chi connectivity index (χ2v) is 6.61. The maximum atomic E-state index is 12.9. The first-order valence-corrected chi connectivity index (χ1v) is 7.67. The Morgan fingerprint density at radius 2 is 2.05 bits per heavy atom. The minimum atomic E-state index is -0.790. The number of likely N-dealkylation sites (tertiary alicyclic amines) is 1. The molecule has 20 heavy (non-hydrogen) atoms. The standard InChI is InChI=1S/C15H26N2O3/c1-3-15(7-4-8-16-10-15)12(18)17-9-5-6-14(2,11-17)13(19)20/h16H,3-11H2,1-2H3,(H,19,20). The SMILES string of the molecule is CCC1(C(=O)N2CCCC(C)(C(=O)O)C2)CCCNC1. The Kier molecular flexibility index (Phi) is 4.37. The van der Waals surface area contributed by atoms with Gasteiger partial charge in [-0.25, -0.2) is 0 Å². The van der Waals surface area contributed by atoms with Gasteiger partial charge in [-0.1, -0.05) is 6.92 Å². The van der Waals surface area contributed by atoms with Crippen LogP contribution < -0.4 is 5.32 Å². The Labute approximate surface area is 120 Å². The topological polar surface area (TPSA) is 69.6 Å². The van der Waals surface area contributed by atoms with Crippen LogP contribution in [0.2, 0.25) is 0 Å². The lowest BCUT2D eigenvalue weighted by Gasteiger charge is -2.44. The average Bonchev–Trinajstić information content (AvgIpc) is 2.47. The number of amides is 1. The van der Waals surface area contributed by atoms with Gasteiger partial charge in [0.25, 0.3) is 0 Å². The smallest absolute Gasteiger partial charge is 0.311 e. The van der Waals surface area contributed by atoms with Crippen LogP contribution in [0.4, 0.5) is 0 Å². The van der Waals surface area contributed by atoms with E-state index >= 15 is 0 Å². The second-order valence-electron chi connectivity index (χ2n) is 6.61. The number of nitrogens with zero attached hydrogens (tertiary/aromatic N) is 1. The maximum absolute atomic E-state index is 12.9. The minimum Gasteiger partial charge on any atom is -0.481 e. The molecule has 2 aliphatic heterocycles. The van der Waals surface area contributed by atoms with E-state index in [2.05, 4.69) is 12.2 Å². The first kappa shape index (κ1) is 15.3. The van der Waals surface area contributed by atoms with Crippen LogP contribution in [0.25, 0.3) is 0 Å². The van der Waals surface area contributed by atoms with Crippen LogP contribution >= 0.6 is 0 Å². The lowest BCUT2D eigenvalue weighted by atomic mass is 9.75. The number of hydrogen-bond donors (Lipinski definition) is 2. The monoisotopic (exact) mass is 282 g/mol. The molecular weight excluding hydrogens is 256 g/mol. The third-order valence-corrected chi connectivity index (χ3v) is 5.10. The molecular formula is C15H26N2O3. The molecule has 0 spiro atoms. The van der Waals surface area contributed by atoms with E-state index in [9.17, 15) is 14.7 Å². The van der Waals surface area contributed by atoms with E-state index in [-0.39, 0.29) is 11.3 Å². The van der Waals surface area contributed by atoms with Crippen LogP contribution in [-0.4, -0.2) is 48.1 Å². The molecule has 114 valence electrons. The van der Waals surface area contributed by atoms with Gasteiger partial charge in [0.1, 0.15) is 0 Å². The van der Waals surface area contributed by atoms with E-state index in [4.69, 9.17) is 0 Å². The van der Waals surface area contributed by atoms with Gasteiger partial charge in [0.2, 0.25) is 5.91 Å². The highest BCUT2D eigenvalue weighted by molar-refractivity contribution is 5.84. The Balaban J connectivity index is 2.13. The van der Waals surface area contributed by atoms with Gasteiger partial charge >= 0.3 is 5.97 Å². The van der Waals surface area contributed by atoms with E-state index in [1.807, 2.05) is 0 Å². The summed E-state index contributed by atoms with van der Waals surface area (Å²) >= 11 is 0. The quantitative estimate of drug-likeness (QED) is 0.822. The van der Waals surface area contributed by atoms with Gasteiger partial charge < -0.3 is 15.3 Å². The number of nitrogens with one attached hydrogen (secondary N) is 1. The highest BCUT2D eigenvalue weighted by atomic mass is 16.4. The van der Waals surface area contributed by atoms with Crippen molar-refractivity contribution in [1.29, 1.82) is 0 Å². The van der Waals surface area contributed by atoms with E-state index in [1.54, 1.807) is 11.8 Å². The number of hydrogen-bond acceptors (Lipinski definition) is 3. The van der Waals surface area contributed by atoms with Crippen LogP contribution in [0.3, 0.4) is 0 Å². The van der Waals surface area contributed by atoms with Crippen molar-refractivity contribution < 1.29 is 14.7 Å². The molecule has 5 heteroatoms. The van der Waals surface area contributed by atoms with Crippen LogP contribution in [0.15, 0.2) is 0 Å². The molecule has 0 aromatic carbocycles. The van der Waals surface area contributed by atoms with Gasteiger partial charge in [0.05, 0.1) is 10.8 Å². The number of carbonyl (C=O) groups is 2. The molecule has 2 unspecified atom stereocenters. The fourth-order valence-corrected chi connectivity index (χ4v) is 3.53. The average molecular weight is 282 g/mol. The summed E-state index contributed by atoms with van der Waals surface area (Å²) in [6, 6.07) is 0. The van der Waals surface area contributed by atoms with Crippen molar-refractivity contribution in [2.24, 2.45) is 10.8 Å². The highest BCUT2D eigenvalue weighted by Crippen LogP contribution is 2.36. The molecule has 2 rings (SSSR count). The zero-order valence-corrected chi connectivity index (χ0v) is 12.6. The van der Waals surface area contributed by atoms with E-state index in [1.165, 1.54) is 0 Å². The normalized spacial score (nSPS) is 34.8. The summed E-state index contributed by atoms with van der Waals surface area (Å²) in [7, 11) is 0. The Morgan fingerprint density at radius 1 is 1.30 bits per heavy atom. The van der Waals surface area contributed by atoms with Crippen LogP contribution in [-0.2, 0) is 9.59 Å². The van der Waals surface area contributed by atoms with Crippen molar-refractivity contribution in [1.82, 2.24) is 10.2 Å². The molecule has 2 saturated heterocycles. The van der Waals surface area contributed by atoms with Gasteiger partial charge in [-0.05, 0) is 45.6 Å². The van der Waals surface area contributed by atoms with Crippen molar-refractivity contribution in [3.05, 3.63) is 0 Å². The number of carboxylic acid groups (broad SMARTS) is 1. The zero-order valence-electron chi connectivity index (χ0n) is 12.6. The molecule has 1 amide bonds. The largest absolute Gasteiger partial charge is 0.481 e. The number of carbonyl (C=O) groups excluding carboxylic acids is 1. The van der Waals surface area contributed by atoms with Crippen molar-refractivity contribution in [3.63, 3.8) is 0 Å². The Morgan fingerprint density at radius 3 is 2.60 bits per heavy atom. The Hall–Kier alpha value is -1.10. The van der Waals surface area contributed by atoms with Crippen molar-refractivity contribution in [2.45, 2.75) is 46.0 Å². The van der Waals surface area contributed by atoms with Crippen molar-refractivity contribution in [3.8, 4) is 0 Å². The van der Waals surface area contributed by atoms with E-state index in [0.717, 1.165) is 38.8 Å². The summed E-state index contributed by atoms with van der Waals surface area (Å²) in [6.07, 6.45) is 4.18. The number of rotatable bonds is 3. The molecule has 2 fully saturated rings. The van der Waals surface area contributed by atoms with Crippen LogP contribution in [0.1, 0.15) is 46.0 Å². The fourth-order valence-electron chi connectivity index (χ4n) is 3.53. The zero-order chi connectivity index (χ0) is 14.8. The maximum Gasteiger partial charge on any atom is 0.311 e. The second kappa shape index (κ2) is 5.72. The molecule has 0 saturated carbocycles. The number of carboxylic acids is 1. The summed E-state index contributed by atoms with van der Waals surface area (Å²) < 4.78 is 0. The van der Waals surface area contributed by atoms with Crippen LogP contribution in [0.5, 0.6) is 0 Å². The molecule has 2 N–H and O–H groups in total. The number of piperidine rings is 2. The molecule has 2 heterocycles. The highest BCUT2D eigenvalue weighted by Gasteiger charge is 2.45. The predicted molar refractivity (Wildman–Crippen MR) is 76.4 cm³/mol. The van der Waals surface area contributed by atoms with Gasteiger partial charge in [0, 0.05) is 19.6 Å². The van der Waals surface area contributed by atoms with E-state index in [0.29, 0.717) is 19.5 Å². The van der Waals surface area contributed by atoms with Crippen molar-refractivity contribution >= 4 is 11.9 Å². The molecule has 0 radical (unpaired) electrons. The van der Waals surface area contributed by atoms with E-state index < -0.39 is 11.4 Å². The van der Waals surface area contributed by atoms with Gasteiger partial charge in [-0.3, -0.25) is 9.59 Å². The van der Waals surface area contributed by atoms with Gasteiger partial charge in [-0.15, -0.1) is 0 Å². The first-order valence-electron chi connectivity index (χ1n) is 7.67. The molecule has 0 aromatic rings. The summed E-state index contributed by atoms with van der Waals surface area (Å²) in [5.41, 5.74) is -1.11. The van der Waals surface area contributed by atoms with Gasteiger partial charge in [-0.2, -0.15) is 0 Å². The molecule has 2 aliphatic rings. The fraction of sp³-hybridized carbons (Fsp3) is 0.867. The number of aliphatic carboxylic acids is 1. The first-order chi connectivity index (χ1) is 9.43. The minimum absolute atomic E-state index is 0.152. The summed E-state index contributed by atoms with van der Waals surface area (Å²) in [5.74, 6) is -0.637. The van der Waals surface area contributed by atoms with Crippen molar-refractivity contribution in [2.75, 3.05) is 26.2 Å².